The van der Waals surface area contributed by atoms with Crippen LogP contribution in [-0.2, 0) is 9.05 Å². The van der Waals surface area contributed by atoms with E-state index in [4.69, 9.17) is 18.3 Å². The molecule has 0 unspecified atom stereocenters. The molecule has 1 heterocycles. The molecule has 5 heteroatoms. The molecule has 0 bridgehead atoms. The van der Waals surface area contributed by atoms with E-state index in [1.807, 2.05) is 24.3 Å². The molecule has 1 fully saturated rings. The monoisotopic (exact) mass is 256 g/mol. The number of para-hydroxylation sites is 2. The molecule has 0 aromatic heterocycles. The Morgan fingerprint density at radius 1 is 1.12 bits per heavy atom. The Morgan fingerprint density at radius 3 is 2.29 bits per heavy atom. The van der Waals surface area contributed by atoms with Gasteiger partial charge in [-0.2, -0.15) is 0 Å². The van der Waals surface area contributed by atoms with Crippen molar-refractivity contribution in [3.63, 3.8) is 0 Å². The molecule has 0 aliphatic carbocycles. The van der Waals surface area contributed by atoms with E-state index in [0.717, 1.165) is 0 Å². The zero-order valence-corrected chi connectivity index (χ0v) is 11.2. The Balaban J connectivity index is 1.98. The summed E-state index contributed by atoms with van der Waals surface area (Å²) in [7, 11) is 0.304. The number of benzene rings is 1. The van der Waals surface area contributed by atoms with Gasteiger partial charge in [-0.05, 0) is 12.1 Å². The van der Waals surface area contributed by atoms with Crippen molar-refractivity contribution in [2.45, 2.75) is 13.8 Å². The molecule has 0 amide bonds. The van der Waals surface area contributed by atoms with E-state index in [-0.39, 0.29) is 5.41 Å². The lowest BCUT2D eigenvalue weighted by molar-refractivity contribution is 0.0424. The summed E-state index contributed by atoms with van der Waals surface area (Å²) in [4.78, 5) is 0. The molecule has 17 heavy (non-hydrogen) atoms. The van der Waals surface area contributed by atoms with Crippen LogP contribution in [0.5, 0.6) is 11.5 Å². The van der Waals surface area contributed by atoms with Crippen molar-refractivity contribution in [3.8, 4) is 11.5 Å². The van der Waals surface area contributed by atoms with Crippen molar-refractivity contribution >= 4 is 8.60 Å². The van der Waals surface area contributed by atoms with Crippen LogP contribution in [0.1, 0.15) is 13.8 Å². The summed E-state index contributed by atoms with van der Waals surface area (Å²) < 4.78 is 22.0. The van der Waals surface area contributed by atoms with Crippen LogP contribution in [0.25, 0.3) is 0 Å². The molecule has 1 aliphatic rings. The number of hydrogen-bond acceptors (Lipinski definition) is 4. The van der Waals surface area contributed by atoms with E-state index in [1.54, 1.807) is 7.11 Å². The van der Waals surface area contributed by atoms with Crippen LogP contribution in [0.4, 0.5) is 0 Å². The van der Waals surface area contributed by atoms with Crippen molar-refractivity contribution in [2.24, 2.45) is 5.41 Å². The highest BCUT2D eigenvalue weighted by molar-refractivity contribution is 7.42. The van der Waals surface area contributed by atoms with Gasteiger partial charge in [-0.25, -0.2) is 0 Å². The second kappa shape index (κ2) is 5.21. The van der Waals surface area contributed by atoms with E-state index in [0.29, 0.717) is 24.7 Å². The largest absolute Gasteiger partial charge is 0.493 e. The van der Waals surface area contributed by atoms with E-state index >= 15 is 0 Å². The number of rotatable bonds is 3. The summed E-state index contributed by atoms with van der Waals surface area (Å²) in [5.74, 6) is 1.34. The first-order valence-corrected chi connectivity index (χ1v) is 6.57. The Bertz CT molecular complexity index is 371. The summed E-state index contributed by atoms with van der Waals surface area (Å²) >= 11 is 0. The predicted octanol–water partition coefficient (Wildman–Crippen LogP) is 3.37. The standard InChI is InChI=1S/C12H17O4P/c1-12(2)8-14-17(15-9-12)16-11-7-5-4-6-10(11)13-3/h4-7H,8-9H2,1-3H3. The fourth-order valence-electron chi connectivity index (χ4n) is 1.36. The molecule has 0 saturated carbocycles. The maximum absolute atomic E-state index is 5.67. The van der Waals surface area contributed by atoms with Gasteiger partial charge in [0.2, 0.25) is 0 Å². The van der Waals surface area contributed by atoms with E-state index in [9.17, 15) is 0 Å². The van der Waals surface area contributed by atoms with Crippen LogP contribution in [0.2, 0.25) is 0 Å². The zero-order valence-electron chi connectivity index (χ0n) is 10.3. The Kier molecular flexibility index (Phi) is 3.87. The molecule has 1 aromatic rings. The van der Waals surface area contributed by atoms with Crippen molar-refractivity contribution < 1.29 is 18.3 Å². The van der Waals surface area contributed by atoms with Crippen molar-refractivity contribution in [2.75, 3.05) is 20.3 Å². The topological polar surface area (TPSA) is 36.9 Å². The third-order valence-electron chi connectivity index (χ3n) is 2.36. The lowest BCUT2D eigenvalue weighted by atomic mass is 9.97. The summed E-state index contributed by atoms with van der Waals surface area (Å²) in [5, 5.41) is 0. The molecule has 0 radical (unpaired) electrons. The fourth-order valence-corrected chi connectivity index (χ4v) is 2.76. The Labute approximate surface area is 103 Å². The van der Waals surface area contributed by atoms with Crippen molar-refractivity contribution in [1.82, 2.24) is 0 Å². The van der Waals surface area contributed by atoms with Gasteiger partial charge < -0.3 is 18.3 Å². The normalized spacial score (nSPS) is 19.9. The summed E-state index contributed by atoms with van der Waals surface area (Å²) in [6.45, 7) is 5.49. The molecule has 0 spiro atoms. The molecule has 1 aliphatic heterocycles. The van der Waals surface area contributed by atoms with E-state index in [2.05, 4.69) is 13.8 Å². The lowest BCUT2D eigenvalue weighted by Crippen LogP contribution is -2.29. The summed E-state index contributed by atoms with van der Waals surface area (Å²) in [6.07, 6.45) is 0. The van der Waals surface area contributed by atoms with Gasteiger partial charge in [0.25, 0.3) is 0 Å². The van der Waals surface area contributed by atoms with E-state index in [1.165, 1.54) is 0 Å². The first kappa shape index (κ1) is 12.6. The number of hydrogen-bond donors (Lipinski definition) is 0. The third-order valence-corrected chi connectivity index (χ3v) is 3.39. The summed E-state index contributed by atoms with van der Waals surface area (Å²) in [5.41, 5.74) is 0.0585. The molecule has 4 nitrogen and oxygen atoms in total. The van der Waals surface area contributed by atoms with Gasteiger partial charge >= 0.3 is 8.60 Å². The highest BCUT2D eigenvalue weighted by atomic mass is 31.2. The minimum absolute atomic E-state index is 0.0585. The van der Waals surface area contributed by atoms with Crippen LogP contribution < -0.4 is 9.26 Å². The predicted molar refractivity (Wildman–Crippen MR) is 66.2 cm³/mol. The van der Waals surface area contributed by atoms with Crippen LogP contribution >= 0.6 is 8.60 Å². The molecule has 1 saturated heterocycles. The van der Waals surface area contributed by atoms with Gasteiger partial charge in [-0.1, -0.05) is 26.0 Å². The molecular formula is C12H17O4P. The van der Waals surface area contributed by atoms with E-state index < -0.39 is 8.60 Å². The molecule has 2 rings (SSSR count). The Hall–Kier alpha value is -0.830. The van der Waals surface area contributed by atoms with Crippen LogP contribution in [-0.4, -0.2) is 20.3 Å². The SMILES string of the molecule is COc1ccccc1OP1OCC(C)(C)CO1. The average molecular weight is 256 g/mol. The smallest absolute Gasteiger partial charge is 0.397 e. The minimum atomic E-state index is -1.31. The van der Waals surface area contributed by atoms with Crippen LogP contribution in [0.15, 0.2) is 24.3 Å². The van der Waals surface area contributed by atoms with Gasteiger partial charge in [0.05, 0.1) is 20.3 Å². The van der Waals surface area contributed by atoms with Crippen LogP contribution in [0, 0.1) is 5.41 Å². The number of methoxy groups -OCH3 is 1. The maximum atomic E-state index is 5.67. The van der Waals surface area contributed by atoms with Gasteiger partial charge in [-0.15, -0.1) is 0 Å². The van der Waals surface area contributed by atoms with Gasteiger partial charge in [0, 0.05) is 5.41 Å². The van der Waals surface area contributed by atoms with Gasteiger partial charge in [0.15, 0.2) is 11.5 Å². The quantitative estimate of drug-likeness (QED) is 0.777. The highest BCUT2D eigenvalue weighted by Gasteiger charge is 2.31. The summed E-state index contributed by atoms with van der Waals surface area (Å²) in [6, 6.07) is 7.47. The lowest BCUT2D eigenvalue weighted by Gasteiger charge is -2.32. The molecule has 0 atom stereocenters. The Morgan fingerprint density at radius 2 is 1.71 bits per heavy atom. The fraction of sp³-hybridized carbons (Fsp3) is 0.500. The van der Waals surface area contributed by atoms with Crippen molar-refractivity contribution in [1.29, 1.82) is 0 Å². The van der Waals surface area contributed by atoms with Gasteiger partial charge in [-0.3, -0.25) is 0 Å². The van der Waals surface area contributed by atoms with Crippen molar-refractivity contribution in [3.05, 3.63) is 24.3 Å². The zero-order chi connectivity index (χ0) is 12.3. The van der Waals surface area contributed by atoms with Gasteiger partial charge in [0.1, 0.15) is 0 Å². The first-order valence-electron chi connectivity index (χ1n) is 5.48. The second-order valence-corrected chi connectivity index (χ2v) is 5.82. The average Bonchev–Trinajstić information content (AvgIpc) is 2.32. The minimum Gasteiger partial charge on any atom is -0.493 e. The second-order valence-electron chi connectivity index (χ2n) is 4.68. The third kappa shape index (κ3) is 3.32. The molecule has 0 N–H and O–H groups in total. The first-order chi connectivity index (χ1) is 8.11. The number of ether oxygens (including phenoxy) is 1. The maximum Gasteiger partial charge on any atom is 0.397 e. The molecule has 1 aromatic carbocycles. The molecular weight excluding hydrogens is 239 g/mol. The highest BCUT2D eigenvalue weighted by Crippen LogP contribution is 2.48. The molecule has 94 valence electrons. The van der Waals surface area contributed by atoms with Crippen LogP contribution in [0.3, 0.4) is 0 Å².